The van der Waals surface area contributed by atoms with Crippen molar-refractivity contribution >= 4 is 0 Å². The van der Waals surface area contributed by atoms with Gasteiger partial charge >= 0.3 is 0 Å². The maximum absolute atomic E-state index is 3.48. The molecule has 0 saturated carbocycles. The number of aryl methyl sites for hydroxylation is 2. The molecule has 0 radical (unpaired) electrons. The molecule has 0 bridgehead atoms. The molecule has 0 spiro atoms. The Hall–Kier alpha value is -1.04. The highest BCUT2D eigenvalue weighted by atomic mass is 14.0. The average Bonchev–Trinajstić information content (AvgIpc) is 2.54. The zero-order chi connectivity index (χ0) is 16.2. The Bertz CT molecular complexity index is 248. The van der Waals surface area contributed by atoms with Crippen molar-refractivity contribution in [2.75, 3.05) is 0 Å². The summed E-state index contributed by atoms with van der Waals surface area (Å²) in [6.45, 7) is 18.0. The van der Waals surface area contributed by atoms with Gasteiger partial charge in [0.2, 0.25) is 0 Å². The van der Waals surface area contributed by atoms with Crippen molar-refractivity contribution in [3.05, 3.63) is 48.0 Å². The molecule has 0 N–H and O–H groups in total. The number of hydrogen-bond acceptors (Lipinski definition) is 0. The maximum Gasteiger partial charge on any atom is -0.0279 e. The van der Waals surface area contributed by atoms with Gasteiger partial charge in [0.15, 0.2) is 0 Å². The van der Waals surface area contributed by atoms with Crippen LogP contribution in [0.2, 0.25) is 0 Å². The molecule has 0 aliphatic carbocycles. The van der Waals surface area contributed by atoms with Crippen LogP contribution in [0, 0.1) is 0 Å². The molecule has 0 unspecified atom stereocenters. The minimum Gasteiger partial charge on any atom is -0.103 e. The van der Waals surface area contributed by atoms with E-state index >= 15 is 0 Å². The summed E-state index contributed by atoms with van der Waals surface area (Å²) in [7, 11) is 0. The molecule has 0 heteroatoms. The van der Waals surface area contributed by atoms with E-state index in [1.54, 1.807) is 11.1 Å². The lowest BCUT2D eigenvalue weighted by Gasteiger charge is -2.06. The highest BCUT2D eigenvalue weighted by Crippen LogP contribution is 2.12. The van der Waals surface area contributed by atoms with E-state index in [0.29, 0.717) is 0 Å². The minimum absolute atomic E-state index is 1.08. The molecular formula is C20H38. The van der Waals surface area contributed by atoms with E-state index in [-0.39, 0.29) is 0 Å². The second-order valence-corrected chi connectivity index (χ2v) is 3.97. The van der Waals surface area contributed by atoms with Crippen molar-refractivity contribution in [3.8, 4) is 0 Å². The van der Waals surface area contributed by atoms with E-state index < -0.39 is 0 Å². The fourth-order valence-electron chi connectivity index (χ4n) is 1.58. The standard InChI is InChI=1S/C12H18.C4H8.2C2H6/c1-3-7-11-9-5-6-10-12(11)8-4-2;1-3-4-2;2*1-2/h5-6,9-10H,3-4,7-8H2,1-2H3;3H,1,4H2,2H3;2*1-2H3. The van der Waals surface area contributed by atoms with Crippen LogP contribution in [-0.4, -0.2) is 0 Å². The van der Waals surface area contributed by atoms with Gasteiger partial charge in [0.25, 0.3) is 0 Å². The Morgan fingerprint density at radius 1 is 0.800 bits per heavy atom. The summed E-state index contributed by atoms with van der Waals surface area (Å²) in [5, 5.41) is 0. The van der Waals surface area contributed by atoms with Crippen molar-refractivity contribution in [1.29, 1.82) is 0 Å². The first-order chi connectivity index (χ1) is 9.79. The largest absolute Gasteiger partial charge is 0.103 e. The molecule has 0 fully saturated rings. The van der Waals surface area contributed by atoms with Gasteiger partial charge in [-0.05, 0) is 30.4 Å². The number of hydrogen-bond donors (Lipinski definition) is 0. The van der Waals surface area contributed by atoms with E-state index in [1.807, 2.05) is 33.8 Å². The number of benzene rings is 1. The van der Waals surface area contributed by atoms with E-state index in [4.69, 9.17) is 0 Å². The molecule has 0 aromatic heterocycles. The molecule has 1 aromatic rings. The molecule has 0 aliphatic heterocycles. The van der Waals surface area contributed by atoms with Crippen molar-refractivity contribution in [2.45, 2.75) is 80.6 Å². The Morgan fingerprint density at radius 2 is 1.10 bits per heavy atom. The summed E-state index contributed by atoms with van der Waals surface area (Å²) in [6, 6.07) is 8.80. The van der Waals surface area contributed by atoms with Gasteiger partial charge in [-0.1, -0.05) is 91.6 Å². The van der Waals surface area contributed by atoms with Gasteiger partial charge in [-0.2, -0.15) is 0 Å². The maximum atomic E-state index is 3.48. The van der Waals surface area contributed by atoms with Crippen LogP contribution < -0.4 is 0 Å². The predicted molar refractivity (Wildman–Crippen MR) is 97.6 cm³/mol. The second kappa shape index (κ2) is 23.1. The second-order valence-electron chi connectivity index (χ2n) is 3.97. The minimum atomic E-state index is 1.08. The first-order valence-electron chi connectivity index (χ1n) is 8.47. The van der Waals surface area contributed by atoms with E-state index in [2.05, 4.69) is 51.6 Å². The first-order valence-corrected chi connectivity index (χ1v) is 8.47. The van der Waals surface area contributed by atoms with Crippen LogP contribution in [0.15, 0.2) is 36.9 Å². The van der Waals surface area contributed by atoms with Crippen LogP contribution in [-0.2, 0) is 12.8 Å². The summed E-state index contributed by atoms with van der Waals surface area (Å²) >= 11 is 0. The average molecular weight is 279 g/mol. The van der Waals surface area contributed by atoms with Crippen LogP contribution in [0.3, 0.4) is 0 Å². The lowest BCUT2D eigenvalue weighted by molar-refractivity contribution is 0.861. The summed E-state index contributed by atoms with van der Waals surface area (Å²) in [4.78, 5) is 0. The van der Waals surface area contributed by atoms with Gasteiger partial charge in [-0.3, -0.25) is 0 Å². The van der Waals surface area contributed by atoms with Gasteiger partial charge in [0.05, 0.1) is 0 Å². The van der Waals surface area contributed by atoms with Crippen LogP contribution in [0.25, 0.3) is 0 Å². The number of rotatable bonds is 5. The van der Waals surface area contributed by atoms with Gasteiger partial charge in [0.1, 0.15) is 0 Å². The summed E-state index contributed by atoms with van der Waals surface area (Å²) in [6.07, 6.45) is 7.92. The van der Waals surface area contributed by atoms with Crippen molar-refractivity contribution in [1.82, 2.24) is 0 Å². The lowest BCUT2D eigenvalue weighted by Crippen LogP contribution is -1.92. The van der Waals surface area contributed by atoms with Crippen molar-refractivity contribution < 1.29 is 0 Å². The van der Waals surface area contributed by atoms with E-state index in [9.17, 15) is 0 Å². The Kier molecular flexibility index (Phi) is 27.7. The smallest absolute Gasteiger partial charge is 0.0279 e. The van der Waals surface area contributed by atoms with Gasteiger partial charge in [-0.15, -0.1) is 6.58 Å². The Balaban J connectivity index is -0.000000306. The van der Waals surface area contributed by atoms with Crippen LogP contribution in [0.5, 0.6) is 0 Å². The molecule has 0 saturated heterocycles. The molecule has 0 atom stereocenters. The molecule has 0 heterocycles. The molecule has 1 rings (SSSR count). The van der Waals surface area contributed by atoms with Gasteiger partial charge in [-0.25, -0.2) is 0 Å². The van der Waals surface area contributed by atoms with Crippen LogP contribution in [0.4, 0.5) is 0 Å². The third-order valence-electron chi connectivity index (χ3n) is 2.45. The first kappa shape index (κ1) is 24.0. The summed E-state index contributed by atoms with van der Waals surface area (Å²) < 4.78 is 0. The Labute approximate surface area is 129 Å². The van der Waals surface area contributed by atoms with E-state index in [1.165, 1.54) is 25.7 Å². The summed E-state index contributed by atoms with van der Waals surface area (Å²) in [5.41, 5.74) is 3.09. The third kappa shape index (κ3) is 15.0. The fraction of sp³-hybridized carbons (Fsp3) is 0.600. The molecule has 0 amide bonds. The molecule has 0 nitrogen and oxygen atoms in total. The molecule has 20 heavy (non-hydrogen) atoms. The lowest BCUT2D eigenvalue weighted by atomic mass is 10.00. The quantitative estimate of drug-likeness (QED) is 0.498. The zero-order valence-electron chi connectivity index (χ0n) is 15.1. The third-order valence-corrected chi connectivity index (χ3v) is 2.45. The molecular weight excluding hydrogens is 240 g/mol. The molecule has 118 valence electrons. The van der Waals surface area contributed by atoms with Gasteiger partial charge in [0, 0.05) is 0 Å². The van der Waals surface area contributed by atoms with Crippen LogP contribution >= 0.6 is 0 Å². The molecule has 0 aliphatic rings. The fourth-order valence-corrected chi connectivity index (χ4v) is 1.58. The Morgan fingerprint density at radius 3 is 1.30 bits per heavy atom. The summed E-state index contributed by atoms with van der Waals surface area (Å²) in [5.74, 6) is 0. The SMILES string of the molecule is C=CCC.CC.CC.CCCc1ccccc1CCC. The van der Waals surface area contributed by atoms with Crippen LogP contribution in [0.1, 0.15) is 78.9 Å². The highest BCUT2D eigenvalue weighted by Gasteiger charge is 1.98. The topological polar surface area (TPSA) is 0 Å². The van der Waals surface area contributed by atoms with Crippen molar-refractivity contribution in [2.24, 2.45) is 0 Å². The number of allylic oxidation sites excluding steroid dienone is 1. The highest BCUT2D eigenvalue weighted by molar-refractivity contribution is 5.27. The van der Waals surface area contributed by atoms with Gasteiger partial charge < -0.3 is 0 Å². The zero-order valence-corrected chi connectivity index (χ0v) is 15.1. The normalized spacial score (nSPS) is 7.95. The predicted octanol–water partition coefficient (Wildman–Crippen LogP) is 7.23. The van der Waals surface area contributed by atoms with E-state index in [0.717, 1.165) is 6.42 Å². The molecule has 1 aromatic carbocycles. The monoisotopic (exact) mass is 278 g/mol. The van der Waals surface area contributed by atoms with Crippen molar-refractivity contribution in [3.63, 3.8) is 0 Å².